The van der Waals surface area contributed by atoms with Gasteiger partial charge in [-0.2, -0.15) is 0 Å². The lowest BCUT2D eigenvalue weighted by atomic mass is 10.1. The summed E-state index contributed by atoms with van der Waals surface area (Å²) in [7, 11) is 0. The fourth-order valence-corrected chi connectivity index (χ4v) is 2.73. The molecule has 0 saturated heterocycles. The molecule has 2 aromatic carbocycles. The van der Waals surface area contributed by atoms with E-state index in [4.69, 9.17) is 18.9 Å². The van der Waals surface area contributed by atoms with Gasteiger partial charge in [0.05, 0.1) is 0 Å². The highest BCUT2D eigenvalue weighted by atomic mass is 16.6. The molecule has 0 saturated carbocycles. The van der Waals surface area contributed by atoms with Crippen molar-refractivity contribution in [2.75, 3.05) is 10.6 Å². The number of rotatable bonds is 7. The molecule has 2 amide bonds. The number of amides is 2. The Balaban J connectivity index is 2.17. The number of carbonyl (C=O) groups excluding carboxylic acids is 3. The standard InChI is InChI=1S/C27H34N2O7/c1-17(2)23(30)34-22-11-9-21(10-12-22)33-16-18-13-19(28-24(31)35-26(3,4)5)15-20(14-18)29-25(32)36-27(6,7)8/h9-15H,1,16H2,2-8H3,(H,28,31)(H,29,32). The smallest absolute Gasteiger partial charge is 0.412 e. The van der Waals surface area contributed by atoms with E-state index in [1.54, 1.807) is 90.9 Å². The fourth-order valence-electron chi connectivity index (χ4n) is 2.73. The molecule has 2 N–H and O–H groups in total. The van der Waals surface area contributed by atoms with E-state index < -0.39 is 29.4 Å². The third-order valence-corrected chi connectivity index (χ3v) is 4.07. The molecule has 0 aromatic heterocycles. The molecule has 0 aliphatic rings. The molecule has 0 aliphatic carbocycles. The molecule has 0 spiro atoms. The van der Waals surface area contributed by atoms with Crippen LogP contribution in [0.5, 0.6) is 11.5 Å². The predicted octanol–water partition coefficient (Wildman–Crippen LogP) is 6.44. The summed E-state index contributed by atoms with van der Waals surface area (Å²) in [5, 5.41) is 5.34. The summed E-state index contributed by atoms with van der Waals surface area (Å²) in [6.07, 6.45) is -1.27. The summed E-state index contributed by atoms with van der Waals surface area (Å²) >= 11 is 0. The van der Waals surface area contributed by atoms with Crippen molar-refractivity contribution in [2.24, 2.45) is 0 Å². The monoisotopic (exact) mass is 498 g/mol. The molecule has 2 aromatic rings. The highest BCUT2D eigenvalue weighted by molar-refractivity contribution is 5.89. The Bertz CT molecular complexity index is 1060. The SMILES string of the molecule is C=C(C)C(=O)Oc1ccc(OCc2cc(NC(=O)OC(C)(C)C)cc(NC(=O)OC(C)(C)C)c2)cc1. The maximum atomic E-state index is 12.3. The van der Waals surface area contributed by atoms with Crippen molar-refractivity contribution >= 4 is 29.5 Å². The van der Waals surface area contributed by atoms with Gasteiger partial charge < -0.3 is 18.9 Å². The quantitative estimate of drug-likeness (QED) is 0.257. The molecule has 9 nitrogen and oxygen atoms in total. The Labute approximate surface area is 211 Å². The van der Waals surface area contributed by atoms with Gasteiger partial charge in [0.2, 0.25) is 0 Å². The van der Waals surface area contributed by atoms with Gasteiger partial charge in [-0.25, -0.2) is 14.4 Å². The number of ether oxygens (including phenoxy) is 4. The van der Waals surface area contributed by atoms with E-state index in [1.807, 2.05) is 0 Å². The second-order valence-corrected chi connectivity index (χ2v) is 10.1. The minimum absolute atomic E-state index is 0.123. The van der Waals surface area contributed by atoms with Crippen LogP contribution >= 0.6 is 0 Å². The Morgan fingerprint density at radius 2 is 1.22 bits per heavy atom. The van der Waals surface area contributed by atoms with E-state index in [9.17, 15) is 14.4 Å². The molecule has 194 valence electrons. The number of esters is 1. The lowest BCUT2D eigenvalue weighted by Gasteiger charge is -2.21. The van der Waals surface area contributed by atoms with Crippen LogP contribution in [0.25, 0.3) is 0 Å². The van der Waals surface area contributed by atoms with Crippen molar-refractivity contribution < 1.29 is 33.3 Å². The first-order chi connectivity index (χ1) is 16.6. The molecule has 9 heteroatoms. The lowest BCUT2D eigenvalue weighted by Crippen LogP contribution is -2.28. The predicted molar refractivity (Wildman–Crippen MR) is 137 cm³/mol. The Kier molecular flexibility index (Phi) is 9.11. The third kappa shape index (κ3) is 10.5. The topological polar surface area (TPSA) is 112 Å². The van der Waals surface area contributed by atoms with E-state index in [-0.39, 0.29) is 6.61 Å². The number of hydrogen-bond acceptors (Lipinski definition) is 7. The van der Waals surface area contributed by atoms with Gasteiger partial charge in [0, 0.05) is 16.9 Å². The normalized spacial score (nSPS) is 11.2. The minimum Gasteiger partial charge on any atom is -0.489 e. The molecule has 0 heterocycles. The van der Waals surface area contributed by atoms with Gasteiger partial charge >= 0.3 is 18.2 Å². The van der Waals surface area contributed by atoms with Crippen molar-refractivity contribution in [3.05, 3.63) is 60.2 Å². The Hall–Kier alpha value is -4.01. The molecular formula is C27H34N2O7. The molecule has 36 heavy (non-hydrogen) atoms. The van der Waals surface area contributed by atoms with Crippen molar-refractivity contribution in [1.82, 2.24) is 0 Å². The summed E-state index contributed by atoms with van der Waals surface area (Å²) < 4.78 is 21.6. The fraction of sp³-hybridized carbons (Fsp3) is 0.370. The van der Waals surface area contributed by atoms with Crippen LogP contribution in [0.1, 0.15) is 54.0 Å². The zero-order valence-corrected chi connectivity index (χ0v) is 21.8. The molecule has 0 bridgehead atoms. The largest absolute Gasteiger partial charge is 0.489 e. The van der Waals surface area contributed by atoms with Crippen LogP contribution in [0.3, 0.4) is 0 Å². The molecular weight excluding hydrogens is 464 g/mol. The molecule has 0 aliphatic heterocycles. The van der Waals surface area contributed by atoms with Crippen molar-refractivity contribution in [2.45, 2.75) is 66.3 Å². The van der Waals surface area contributed by atoms with Gasteiger partial charge in [-0.05, 0) is 96.5 Å². The number of nitrogens with one attached hydrogen (secondary N) is 2. The van der Waals surface area contributed by atoms with E-state index in [2.05, 4.69) is 17.2 Å². The van der Waals surface area contributed by atoms with E-state index in [1.165, 1.54) is 0 Å². The number of anilines is 2. The van der Waals surface area contributed by atoms with Gasteiger partial charge in [0.1, 0.15) is 29.3 Å². The van der Waals surface area contributed by atoms with Crippen molar-refractivity contribution in [1.29, 1.82) is 0 Å². The lowest BCUT2D eigenvalue weighted by molar-refractivity contribution is -0.130. The molecule has 2 rings (SSSR count). The van der Waals surface area contributed by atoms with E-state index >= 15 is 0 Å². The Morgan fingerprint density at radius 3 is 1.64 bits per heavy atom. The van der Waals surface area contributed by atoms with E-state index in [0.29, 0.717) is 34.0 Å². The van der Waals surface area contributed by atoms with Crippen LogP contribution in [0, 0.1) is 0 Å². The highest BCUT2D eigenvalue weighted by Gasteiger charge is 2.19. The van der Waals surface area contributed by atoms with Gasteiger partial charge in [-0.15, -0.1) is 0 Å². The summed E-state index contributed by atoms with van der Waals surface area (Å²) in [4.78, 5) is 36.2. The van der Waals surface area contributed by atoms with Gasteiger partial charge in [-0.1, -0.05) is 6.58 Å². The first-order valence-electron chi connectivity index (χ1n) is 11.3. The highest BCUT2D eigenvalue weighted by Crippen LogP contribution is 2.24. The second kappa shape index (κ2) is 11.6. The number of carbonyl (C=O) groups is 3. The third-order valence-electron chi connectivity index (χ3n) is 4.07. The number of hydrogen-bond donors (Lipinski definition) is 2. The maximum absolute atomic E-state index is 12.3. The van der Waals surface area contributed by atoms with Crippen LogP contribution in [-0.2, 0) is 20.9 Å². The molecule has 0 unspecified atom stereocenters. The molecule has 0 fully saturated rings. The summed E-state index contributed by atoms with van der Waals surface area (Å²) in [6.45, 7) is 15.8. The van der Waals surface area contributed by atoms with Gasteiger partial charge in [0.25, 0.3) is 0 Å². The second-order valence-electron chi connectivity index (χ2n) is 10.1. The minimum atomic E-state index is -0.673. The average molecular weight is 499 g/mol. The summed E-state index contributed by atoms with van der Waals surface area (Å²) in [6, 6.07) is 11.5. The van der Waals surface area contributed by atoms with Gasteiger partial charge in [0.15, 0.2) is 0 Å². The first kappa shape index (κ1) is 28.2. The average Bonchev–Trinajstić information content (AvgIpc) is 2.70. The van der Waals surface area contributed by atoms with Crippen molar-refractivity contribution in [3.63, 3.8) is 0 Å². The summed E-state index contributed by atoms with van der Waals surface area (Å²) in [5.74, 6) is 0.378. The van der Waals surface area contributed by atoms with Crippen LogP contribution in [-0.4, -0.2) is 29.4 Å². The van der Waals surface area contributed by atoms with Crippen molar-refractivity contribution in [3.8, 4) is 11.5 Å². The Morgan fingerprint density at radius 1 is 0.778 bits per heavy atom. The summed E-state index contributed by atoms with van der Waals surface area (Å²) in [5.41, 5.74) is 0.413. The zero-order valence-electron chi connectivity index (χ0n) is 21.8. The molecule has 0 radical (unpaired) electrons. The van der Waals surface area contributed by atoms with Crippen LogP contribution < -0.4 is 20.1 Å². The van der Waals surface area contributed by atoms with Crippen LogP contribution in [0.4, 0.5) is 21.0 Å². The molecule has 0 atom stereocenters. The maximum Gasteiger partial charge on any atom is 0.412 e. The van der Waals surface area contributed by atoms with Crippen LogP contribution in [0.15, 0.2) is 54.6 Å². The van der Waals surface area contributed by atoms with Crippen LogP contribution in [0.2, 0.25) is 0 Å². The number of benzene rings is 2. The zero-order chi connectivity index (χ0) is 27.1. The van der Waals surface area contributed by atoms with Gasteiger partial charge in [-0.3, -0.25) is 10.6 Å². The first-order valence-corrected chi connectivity index (χ1v) is 11.3. The van der Waals surface area contributed by atoms with E-state index in [0.717, 1.165) is 0 Å².